The van der Waals surface area contributed by atoms with Gasteiger partial charge in [-0.3, -0.25) is 4.79 Å². The van der Waals surface area contributed by atoms with E-state index < -0.39 is 0 Å². The summed E-state index contributed by atoms with van der Waals surface area (Å²) in [6.45, 7) is -0.00995. The molecule has 3 aliphatic rings. The first-order valence-corrected chi connectivity index (χ1v) is 7.69. The van der Waals surface area contributed by atoms with E-state index in [2.05, 4.69) is 11.4 Å². The van der Waals surface area contributed by atoms with Crippen LogP contribution in [0.15, 0.2) is 24.3 Å². The summed E-state index contributed by atoms with van der Waals surface area (Å²) in [6, 6.07) is 9.45. The van der Waals surface area contributed by atoms with Crippen LogP contribution in [0.1, 0.15) is 24.8 Å². The van der Waals surface area contributed by atoms with Crippen molar-refractivity contribution in [1.29, 1.82) is 5.26 Å². The van der Waals surface area contributed by atoms with Gasteiger partial charge in [-0.05, 0) is 55.1 Å². The molecular formula is C17H18N2O2. The van der Waals surface area contributed by atoms with Crippen molar-refractivity contribution < 1.29 is 9.53 Å². The van der Waals surface area contributed by atoms with Gasteiger partial charge in [0.05, 0.1) is 5.56 Å². The van der Waals surface area contributed by atoms with Crippen molar-refractivity contribution in [2.45, 2.75) is 25.3 Å². The van der Waals surface area contributed by atoms with Crippen LogP contribution in [0.3, 0.4) is 0 Å². The van der Waals surface area contributed by atoms with Gasteiger partial charge in [-0.2, -0.15) is 5.26 Å². The van der Waals surface area contributed by atoms with Gasteiger partial charge in [0.15, 0.2) is 6.61 Å². The van der Waals surface area contributed by atoms with Gasteiger partial charge in [0.25, 0.3) is 5.91 Å². The second kappa shape index (κ2) is 4.77. The van der Waals surface area contributed by atoms with Gasteiger partial charge >= 0.3 is 0 Å². The summed E-state index contributed by atoms with van der Waals surface area (Å²) in [5, 5.41) is 12.1. The zero-order chi connectivity index (χ0) is 14.4. The van der Waals surface area contributed by atoms with Crippen LogP contribution in [-0.2, 0) is 4.79 Å². The quantitative estimate of drug-likeness (QED) is 0.920. The molecular weight excluding hydrogens is 264 g/mol. The largest absolute Gasteiger partial charge is 0.482 e. The lowest BCUT2D eigenvalue weighted by Gasteiger charge is -2.11. The normalized spacial score (nSPS) is 34.9. The molecule has 4 atom stereocenters. The van der Waals surface area contributed by atoms with Crippen LogP contribution in [0.2, 0.25) is 0 Å². The smallest absolute Gasteiger partial charge is 0.258 e. The number of carbonyl (C=O) groups is 1. The molecule has 4 rings (SSSR count). The van der Waals surface area contributed by atoms with E-state index in [0.29, 0.717) is 17.4 Å². The molecule has 1 aromatic carbocycles. The average Bonchev–Trinajstić information content (AvgIpc) is 2.90. The number of fused-ring (bicyclic) bond motifs is 5. The van der Waals surface area contributed by atoms with Crippen LogP contribution in [0, 0.1) is 35.0 Å². The Morgan fingerprint density at radius 1 is 1.29 bits per heavy atom. The lowest BCUT2D eigenvalue weighted by Crippen LogP contribution is -2.33. The van der Waals surface area contributed by atoms with Crippen LogP contribution in [0.4, 0.5) is 0 Å². The highest BCUT2D eigenvalue weighted by molar-refractivity contribution is 5.78. The summed E-state index contributed by atoms with van der Waals surface area (Å²) in [5.74, 6) is 3.59. The third kappa shape index (κ3) is 2.08. The summed E-state index contributed by atoms with van der Waals surface area (Å²) in [4.78, 5) is 12.0. The van der Waals surface area contributed by atoms with Crippen molar-refractivity contribution in [2.75, 3.05) is 6.61 Å². The molecule has 3 aliphatic carbocycles. The summed E-state index contributed by atoms with van der Waals surface area (Å²) in [6.07, 6.45) is 4.09. The fraction of sp³-hybridized carbons (Fsp3) is 0.529. The zero-order valence-corrected chi connectivity index (χ0v) is 11.8. The number of amides is 1. The monoisotopic (exact) mass is 282 g/mol. The van der Waals surface area contributed by atoms with Crippen LogP contribution in [0.25, 0.3) is 0 Å². The Morgan fingerprint density at radius 3 is 2.71 bits per heavy atom. The Balaban J connectivity index is 1.31. The molecule has 0 aliphatic heterocycles. The Labute approximate surface area is 124 Å². The first kappa shape index (κ1) is 12.7. The number of benzene rings is 1. The van der Waals surface area contributed by atoms with E-state index >= 15 is 0 Å². The fourth-order valence-corrected chi connectivity index (χ4v) is 4.57. The maximum Gasteiger partial charge on any atom is 0.258 e. The number of rotatable bonds is 4. The van der Waals surface area contributed by atoms with Gasteiger partial charge in [-0.15, -0.1) is 0 Å². The number of nitrogens with one attached hydrogen (secondary N) is 1. The van der Waals surface area contributed by atoms with Gasteiger partial charge in [-0.1, -0.05) is 12.1 Å². The van der Waals surface area contributed by atoms with Crippen molar-refractivity contribution in [3.63, 3.8) is 0 Å². The molecule has 0 radical (unpaired) electrons. The number of hydrogen-bond donors (Lipinski definition) is 1. The lowest BCUT2D eigenvalue weighted by molar-refractivity contribution is -0.123. The molecule has 4 unspecified atom stereocenters. The average molecular weight is 282 g/mol. The van der Waals surface area contributed by atoms with E-state index in [1.807, 2.05) is 0 Å². The van der Waals surface area contributed by atoms with E-state index in [4.69, 9.17) is 10.00 Å². The highest BCUT2D eigenvalue weighted by Crippen LogP contribution is 2.65. The van der Waals surface area contributed by atoms with E-state index in [1.165, 1.54) is 19.3 Å². The number of nitriles is 1. The topological polar surface area (TPSA) is 62.1 Å². The lowest BCUT2D eigenvalue weighted by atomic mass is 10.0. The Morgan fingerprint density at radius 2 is 2.00 bits per heavy atom. The third-order valence-corrected chi connectivity index (χ3v) is 5.43. The van der Waals surface area contributed by atoms with Crippen LogP contribution in [-0.4, -0.2) is 18.6 Å². The molecule has 0 saturated heterocycles. The predicted octanol–water partition coefficient (Wildman–Crippen LogP) is 2.10. The second-order valence-electron chi connectivity index (χ2n) is 6.48. The summed E-state index contributed by atoms with van der Waals surface area (Å²) in [5.41, 5.74) is 0.464. The molecule has 4 nitrogen and oxygen atoms in total. The summed E-state index contributed by atoms with van der Waals surface area (Å²) >= 11 is 0. The number of nitrogens with zero attached hydrogens (tertiary/aromatic N) is 1. The fourth-order valence-electron chi connectivity index (χ4n) is 4.57. The van der Waals surface area contributed by atoms with Crippen LogP contribution in [0.5, 0.6) is 5.75 Å². The molecule has 2 bridgehead atoms. The van der Waals surface area contributed by atoms with Crippen molar-refractivity contribution in [3.8, 4) is 11.8 Å². The van der Waals surface area contributed by atoms with Gasteiger partial charge in [0.1, 0.15) is 11.8 Å². The Hall–Kier alpha value is -2.02. The van der Waals surface area contributed by atoms with Crippen LogP contribution >= 0.6 is 0 Å². The molecule has 3 saturated carbocycles. The highest BCUT2D eigenvalue weighted by Gasteiger charge is 2.65. The van der Waals surface area contributed by atoms with Crippen molar-refractivity contribution >= 4 is 5.91 Å². The van der Waals surface area contributed by atoms with Gasteiger partial charge < -0.3 is 10.1 Å². The van der Waals surface area contributed by atoms with Gasteiger partial charge in [0.2, 0.25) is 0 Å². The van der Waals surface area contributed by atoms with Crippen molar-refractivity contribution in [3.05, 3.63) is 29.8 Å². The minimum Gasteiger partial charge on any atom is -0.482 e. The molecule has 1 N–H and O–H groups in total. The standard InChI is InChI=1S/C17H18N2O2/c18-8-12-3-1-2-4-13(12)21-9-14(20)19-17-15-10-5-6-11(7-10)16(15)17/h1-4,10-11,15-17H,5-7,9H2,(H,19,20). The number of carbonyl (C=O) groups excluding carboxylic acids is 1. The van der Waals surface area contributed by atoms with E-state index in [-0.39, 0.29) is 12.5 Å². The molecule has 3 fully saturated rings. The molecule has 108 valence electrons. The van der Waals surface area contributed by atoms with Gasteiger partial charge in [-0.25, -0.2) is 0 Å². The van der Waals surface area contributed by atoms with E-state index in [1.54, 1.807) is 24.3 Å². The van der Waals surface area contributed by atoms with Crippen LogP contribution < -0.4 is 10.1 Å². The highest BCUT2D eigenvalue weighted by atomic mass is 16.5. The second-order valence-corrected chi connectivity index (χ2v) is 6.48. The number of hydrogen-bond acceptors (Lipinski definition) is 3. The first-order chi connectivity index (χ1) is 10.3. The molecule has 4 heteroatoms. The predicted molar refractivity (Wildman–Crippen MR) is 76.4 cm³/mol. The number of ether oxygens (including phenoxy) is 1. The maximum absolute atomic E-state index is 12.0. The van der Waals surface area contributed by atoms with Crippen molar-refractivity contribution in [1.82, 2.24) is 5.32 Å². The number of para-hydroxylation sites is 1. The molecule has 1 amide bonds. The third-order valence-electron chi connectivity index (χ3n) is 5.43. The Kier molecular flexibility index (Phi) is 2.88. The SMILES string of the molecule is N#Cc1ccccc1OCC(=O)NC1C2C3CCC(C3)C12. The molecule has 0 spiro atoms. The summed E-state index contributed by atoms with van der Waals surface area (Å²) < 4.78 is 5.48. The maximum atomic E-state index is 12.0. The zero-order valence-electron chi connectivity index (χ0n) is 11.8. The van der Waals surface area contributed by atoms with E-state index in [9.17, 15) is 4.79 Å². The minimum absolute atomic E-state index is 0.00995. The van der Waals surface area contributed by atoms with E-state index in [0.717, 1.165) is 23.7 Å². The molecule has 0 aromatic heterocycles. The van der Waals surface area contributed by atoms with Crippen molar-refractivity contribution in [2.24, 2.45) is 23.7 Å². The summed E-state index contributed by atoms with van der Waals surface area (Å²) in [7, 11) is 0. The first-order valence-electron chi connectivity index (χ1n) is 7.69. The Bertz CT molecular complexity index is 605. The van der Waals surface area contributed by atoms with Gasteiger partial charge in [0, 0.05) is 6.04 Å². The molecule has 0 heterocycles. The molecule has 1 aromatic rings. The minimum atomic E-state index is -0.0680. The molecule has 21 heavy (non-hydrogen) atoms.